The van der Waals surface area contributed by atoms with Gasteiger partial charge in [-0.15, -0.1) is 5.10 Å². The molecule has 172 valence electrons. The first-order valence-corrected chi connectivity index (χ1v) is 11.5. The molecule has 0 saturated carbocycles. The third-order valence-corrected chi connectivity index (χ3v) is 6.22. The Morgan fingerprint density at radius 3 is 2.29 bits per heavy atom. The van der Waals surface area contributed by atoms with E-state index in [-0.39, 0.29) is 12.5 Å². The number of piperazine rings is 1. The fourth-order valence-corrected chi connectivity index (χ4v) is 4.09. The molecule has 1 aliphatic heterocycles. The average Bonchev–Trinajstić information content (AvgIpc) is 3.30. The summed E-state index contributed by atoms with van der Waals surface area (Å²) in [7, 11) is 0. The number of amides is 1. The second-order valence-corrected chi connectivity index (χ2v) is 8.50. The third-order valence-electron chi connectivity index (χ3n) is 6.22. The summed E-state index contributed by atoms with van der Waals surface area (Å²) in [6.07, 6.45) is 3.48. The number of carbonyl (C=O) groups is 1. The first kappa shape index (κ1) is 21.8. The van der Waals surface area contributed by atoms with Crippen molar-refractivity contribution in [1.29, 1.82) is 0 Å². The van der Waals surface area contributed by atoms with Gasteiger partial charge in [0.2, 0.25) is 11.9 Å². The van der Waals surface area contributed by atoms with Gasteiger partial charge in [-0.2, -0.15) is 0 Å². The summed E-state index contributed by atoms with van der Waals surface area (Å²) >= 11 is 0. The van der Waals surface area contributed by atoms with Gasteiger partial charge in [0.1, 0.15) is 6.54 Å². The van der Waals surface area contributed by atoms with Gasteiger partial charge in [0.15, 0.2) is 11.6 Å². The lowest BCUT2D eigenvalue weighted by atomic mass is 10.1. The van der Waals surface area contributed by atoms with Crippen molar-refractivity contribution >= 4 is 11.9 Å². The maximum Gasteiger partial charge on any atom is 0.244 e. The standard InChI is InChI=1S/C26H27N7O/c1-19-9-10-22(17-20(19)2)24-29-25(21-7-4-3-5-8-21)33(30-24)18-23(34)31-13-15-32(16-14-31)26-27-11-6-12-28-26/h3-12,17H,13-16,18H2,1-2H3. The van der Waals surface area contributed by atoms with Gasteiger partial charge < -0.3 is 9.80 Å². The molecule has 0 spiro atoms. The monoisotopic (exact) mass is 453 g/mol. The van der Waals surface area contributed by atoms with E-state index in [1.165, 1.54) is 11.1 Å². The van der Waals surface area contributed by atoms with E-state index in [0.29, 0.717) is 43.8 Å². The van der Waals surface area contributed by atoms with Gasteiger partial charge in [-0.1, -0.05) is 42.5 Å². The Morgan fingerprint density at radius 1 is 0.853 bits per heavy atom. The van der Waals surface area contributed by atoms with Crippen molar-refractivity contribution in [1.82, 2.24) is 29.6 Å². The summed E-state index contributed by atoms with van der Waals surface area (Å²) in [5.74, 6) is 2.05. The molecular weight excluding hydrogens is 426 g/mol. The highest BCUT2D eigenvalue weighted by Gasteiger charge is 2.24. The van der Waals surface area contributed by atoms with Crippen molar-refractivity contribution in [3.63, 3.8) is 0 Å². The minimum atomic E-state index is 0.0300. The Bertz CT molecular complexity index is 1280. The van der Waals surface area contributed by atoms with Crippen LogP contribution in [-0.4, -0.2) is 61.7 Å². The molecule has 1 fully saturated rings. The van der Waals surface area contributed by atoms with Crippen molar-refractivity contribution in [2.45, 2.75) is 20.4 Å². The number of aryl methyl sites for hydroxylation is 2. The van der Waals surface area contributed by atoms with E-state index in [2.05, 4.69) is 40.8 Å². The van der Waals surface area contributed by atoms with Gasteiger partial charge in [0.05, 0.1) is 0 Å². The van der Waals surface area contributed by atoms with Crippen LogP contribution < -0.4 is 4.90 Å². The van der Waals surface area contributed by atoms with E-state index in [1.807, 2.05) is 41.3 Å². The molecule has 1 amide bonds. The second-order valence-electron chi connectivity index (χ2n) is 8.50. The molecule has 0 N–H and O–H groups in total. The molecular formula is C26H27N7O. The molecule has 8 heteroatoms. The zero-order chi connectivity index (χ0) is 23.5. The average molecular weight is 454 g/mol. The van der Waals surface area contributed by atoms with Gasteiger partial charge in [0.25, 0.3) is 0 Å². The van der Waals surface area contributed by atoms with E-state index in [4.69, 9.17) is 10.1 Å². The Labute approximate surface area is 198 Å². The van der Waals surface area contributed by atoms with Gasteiger partial charge in [-0.05, 0) is 37.1 Å². The van der Waals surface area contributed by atoms with E-state index in [9.17, 15) is 4.79 Å². The topological polar surface area (TPSA) is 80.0 Å². The summed E-state index contributed by atoms with van der Waals surface area (Å²) in [6.45, 7) is 6.95. The van der Waals surface area contributed by atoms with E-state index >= 15 is 0 Å². The van der Waals surface area contributed by atoms with Crippen LogP contribution in [0.2, 0.25) is 0 Å². The number of hydrogen-bond acceptors (Lipinski definition) is 6. The Morgan fingerprint density at radius 2 is 1.59 bits per heavy atom. The van der Waals surface area contributed by atoms with E-state index < -0.39 is 0 Å². The number of benzene rings is 2. The highest BCUT2D eigenvalue weighted by atomic mass is 16.2. The number of carbonyl (C=O) groups excluding carboxylic acids is 1. The number of anilines is 1. The number of nitrogens with zero attached hydrogens (tertiary/aromatic N) is 7. The molecule has 3 heterocycles. The minimum absolute atomic E-state index is 0.0300. The predicted octanol–water partition coefficient (Wildman–Crippen LogP) is 3.37. The first-order valence-electron chi connectivity index (χ1n) is 11.5. The Balaban J connectivity index is 1.36. The molecule has 5 rings (SSSR count). The van der Waals surface area contributed by atoms with Gasteiger partial charge in [-0.3, -0.25) is 4.79 Å². The predicted molar refractivity (Wildman–Crippen MR) is 131 cm³/mol. The quantitative estimate of drug-likeness (QED) is 0.461. The molecule has 0 aliphatic carbocycles. The smallest absolute Gasteiger partial charge is 0.244 e. The Kier molecular flexibility index (Phi) is 6.03. The SMILES string of the molecule is Cc1ccc(-c2nc(-c3ccccc3)n(CC(=O)N3CCN(c4ncccn4)CC3)n2)cc1C. The van der Waals surface area contributed by atoms with Crippen LogP contribution >= 0.6 is 0 Å². The van der Waals surface area contributed by atoms with Crippen molar-refractivity contribution in [2.75, 3.05) is 31.1 Å². The third kappa shape index (κ3) is 4.52. The van der Waals surface area contributed by atoms with E-state index in [0.717, 1.165) is 11.1 Å². The molecule has 2 aromatic carbocycles. The van der Waals surface area contributed by atoms with Crippen LogP contribution in [0.4, 0.5) is 5.95 Å². The van der Waals surface area contributed by atoms with Gasteiger partial charge in [0, 0.05) is 49.7 Å². The zero-order valence-electron chi connectivity index (χ0n) is 19.4. The van der Waals surface area contributed by atoms with Crippen LogP contribution in [0.5, 0.6) is 0 Å². The van der Waals surface area contributed by atoms with Crippen LogP contribution in [0.1, 0.15) is 11.1 Å². The lowest BCUT2D eigenvalue weighted by Crippen LogP contribution is -2.50. The number of aromatic nitrogens is 5. The Hall–Kier alpha value is -4.07. The maximum absolute atomic E-state index is 13.2. The van der Waals surface area contributed by atoms with Crippen LogP contribution in [-0.2, 0) is 11.3 Å². The van der Waals surface area contributed by atoms with Crippen LogP contribution in [0.25, 0.3) is 22.8 Å². The number of hydrogen-bond donors (Lipinski definition) is 0. The summed E-state index contributed by atoms with van der Waals surface area (Å²) in [6, 6.07) is 17.9. The second kappa shape index (κ2) is 9.43. The highest BCUT2D eigenvalue weighted by molar-refractivity contribution is 5.77. The minimum Gasteiger partial charge on any atom is -0.338 e. The van der Waals surface area contributed by atoms with Crippen LogP contribution in [0, 0.1) is 13.8 Å². The van der Waals surface area contributed by atoms with Crippen LogP contribution in [0.15, 0.2) is 67.0 Å². The van der Waals surface area contributed by atoms with Crippen molar-refractivity contribution in [3.05, 3.63) is 78.1 Å². The summed E-state index contributed by atoms with van der Waals surface area (Å²) < 4.78 is 1.73. The van der Waals surface area contributed by atoms with Crippen molar-refractivity contribution in [2.24, 2.45) is 0 Å². The molecule has 0 radical (unpaired) electrons. The molecule has 4 aromatic rings. The van der Waals surface area contributed by atoms with Crippen LogP contribution in [0.3, 0.4) is 0 Å². The maximum atomic E-state index is 13.2. The van der Waals surface area contributed by atoms with Gasteiger partial charge >= 0.3 is 0 Å². The zero-order valence-corrected chi connectivity index (χ0v) is 19.4. The molecule has 0 atom stereocenters. The fraction of sp³-hybridized carbons (Fsp3) is 0.269. The lowest BCUT2D eigenvalue weighted by molar-refractivity contribution is -0.132. The van der Waals surface area contributed by atoms with E-state index in [1.54, 1.807) is 23.1 Å². The fourth-order valence-electron chi connectivity index (χ4n) is 4.09. The first-order chi connectivity index (χ1) is 16.6. The molecule has 1 saturated heterocycles. The molecule has 34 heavy (non-hydrogen) atoms. The largest absolute Gasteiger partial charge is 0.338 e. The molecule has 0 bridgehead atoms. The summed E-state index contributed by atoms with van der Waals surface area (Å²) in [4.78, 5) is 30.7. The normalized spacial score (nSPS) is 13.8. The summed E-state index contributed by atoms with van der Waals surface area (Å²) in [5, 5.41) is 4.75. The molecule has 8 nitrogen and oxygen atoms in total. The highest BCUT2D eigenvalue weighted by Crippen LogP contribution is 2.24. The summed E-state index contributed by atoms with van der Waals surface area (Å²) in [5.41, 5.74) is 4.29. The van der Waals surface area contributed by atoms with Crippen molar-refractivity contribution in [3.8, 4) is 22.8 Å². The number of rotatable bonds is 5. The lowest BCUT2D eigenvalue weighted by Gasteiger charge is -2.34. The van der Waals surface area contributed by atoms with Gasteiger partial charge in [-0.25, -0.2) is 19.6 Å². The van der Waals surface area contributed by atoms with Crippen molar-refractivity contribution < 1.29 is 4.79 Å². The molecule has 1 aliphatic rings. The molecule has 0 unspecified atom stereocenters. The molecule has 2 aromatic heterocycles.